The van der Waals surface area contributed by atoms with Gasteiger partial charge < -0.3 is 15.7 Å². The molecule has 9 nitrogen and oxygen atoms in total. The molecule has 0 spiro atoms. The summed E-state index contributed by atoms with van der Waals surface area (Å²) in [6.07, 6.45) is -2.45. The van der Waals surface area contributed by atoms with Gasteiger partial charge in [-0.3, -0.25) is 9.89 Å². The van der Waals surface area contributed by atoms with Crippen LogP contribution in [0.3, 0.4) is 0 Å². The van der Waals surface area contributed by atoms with E-state index in [1.807, 2.05) is 0 Å². The zero-order chi connectivity index (χ0) is 27.2. The predicted octanol–water partition coefficient (Wildman–Crippen LogP) is 4.55. The van der Waals surface area contributed by atoms with Crippen LogP contribution >= 0.6 is 0 Å². The van der Waals surface area contributed by atoms with Gasteiger partial charge in [0.15, 0.2) is 11.5 Å². The van der Waals surface area contributed by atoms with Crippen LogP contribution in [0.25, 0.3) is 11.0 Å². The van der Waals surface area contributed by atoms with Crippen molar-refractivity contribution in [2.24, 2.45) is 0 Å². The summed E-state index contributed by atoms with van der Waals surface area (Å²) in [6.45, 7) is 1.64. The van der Waals surface area contributed by atoms with E-state index in [0.29, 0.717) is 24.5 Å². The molecule has 1 atom stereocenters. The molecule has 0 aliphatic heterocycles. The van der Waals surface area contributed by atoms with Crippen molar-refractivity contribution in [1.82, 2.24) is 25.5 Å². The number of aromatic nitrogens is 4. The summed E-state index contributed by atoms with van der Waals surface area (Å²) < 4.78 is 52.6. The summed E-state index contributed by atoms with van der Waals surface area (Å²) in [4.78, 5) is 32.8. The Morgan fingerprint density at radius 3 is 2.71 bits per heavy atom. The number of carboxylic acid groups (broad SMARTS) is 1. The van der Waals surface area contributed by atoms with Crippen molar-refractivity contribution in [1.29, 1.82) is 0 Å². The minimum Gasteiger partial charge on any atom is -0.478 e. The van der Waals surface area contributed by atoms with E-state index in [9.17, 15) is 32.3 Å². The lowest BCUT2D eigenvalue weighted by Crippen LogP contribution is -2.28. The molecule has 0 saturated carbocycles. The van der Waals surface area contributed by atoms with Crippen LogP contribution in [-0.4, -0.2) is 37.1 Å². The summed E-state index contributed by atoms with van der Waals surface area (Å²) in [6, 6.07) is 5.57. The third-order valence-corrected chi connectivity index (χ3v) is 6.59. The number of carboxylic acids is 1. The Morgan fingerprint density at radius 1 is 1.18 bits per heavy atom. The van der Waals surface area contributed by atoms with Crippen molar-refractivity contribution in [3.05, 3.63) is 81.6 Å². The average Bonchev–Trinajstić information content (AvgIpc) is 3.47. The second kappa shape index (κ2) is 9.39. The van der Waals surface area contributed by atoms with Crippen LogP contribution in [0.15, 0.2) is 36.7 Å². The highest BCUT2D eigenvalue weighted by Crippen LogP contribution is 2.35. The number of fused-ring (bicyclic) bond motifs is 2. The molecule has 4 aromatic rings. The minimum atomic E-state index is -4.83. The first-order valence-corrected chi connectivity index (χ1v) is 11.5. The number of H-pyrrole nitrogens is 1. The van der Waals surface area contributed by atoms with E-state index in [1.54, 1.807) is 13.0 Å². The van der Waals surface area contributed by atoms with Crippen molar-refractivity contribution in [3.63, 3.8) is 0 Å². The number of aromatic amines is 1. The molecule has 13 heteroatoms. The van der Waals surface area contributed by atoms with Crippen molar-refractivity contribution in [2.45, 2.75) is 38.5 Å². The molecule has 0 unspecified atom stereocenters. The lowest BCUT2D eigenvalue weighted by Gasteiger charge is -2.15. The van der Waals surface area contributed by atoms with Gasteiger partial charge in [-0.25, -0.2) is 19.2 Å². The van der Waals surface area contributed by atoms with Gasteiger partial charge in [0.2, 0.25) is 0 Å². The van der Waals surface area contributed by atoms with Crippen molar-refractivity contribution in [2.75, 3.05) is 5.32 Å². The van der Waals surface area contributed by atoms with Crippen LogP contribution < -0.4 is 10.6 Å². The Kier molecular flexibility index (Phi) is 6.21. The van der Waals surface area contributed by atoms with E-state index in [4.69, 9.17) is 0 Å². The number of anilines is 1. The first kappa shape index (κ1) is 25.1. The summed E-state index contributed by atoms with van der Waals surface area (Å²) >= 11 is 0. The van der Waals surface area contributed by atoms with Gasteiger partial charge in [-0.05, 0) is 60.2 Å². The SMILES string of the molecule is Cc1c(C(=O)O)ccc2c1CC[C@@H]2NC(=O)c1ncnc2c(NCc3ccc(F)c(C(F)(F)F)c3)n[nH]c12. The Balaban J connectivity index is 1.35. The fourth-order valence-electron chi connectivity index (χ4n) is 4.71. The lowest BCUT2D eigenvalue weighted by molar-refractivity contribution is -0.140. The molecule has 0 fully saturated rings. The number of rotatable bonds is 6. The fraction of sp³-hybridized carbons (Fsp3) is 0.240. The second-order valence-corrected chi connectivity index (χ2v) is 8.86. The monoisotopic (exact) mass is 528 g/mol. The number of hydrogen-bond donors (Lipinski definition) is 4. The number of hydrogen-bond acceptors (Lipinski definition) is 6. The third-order valence-electron chi connectivity index (χ3n) is 6.59. The van der Waals surface area contributed by atoms with E-state index in [0.717, 1.165) is 17.2 Å². The van der Waals surface area contributed by atoms with E-state index in [1.165, 1.54) is 18.5 Å². The third kappa shape index (κ3) is 4.51. The minimum absolute atomic E-state index is 0.0176. The van der Waals surface area contributed by atoms with Gasteiger partial charge >= 0.3 is 12.1 Å². The molecule has 2 heterocycles. The van der Waals surface area contributed by atoms with Crippen LogP contribution in [0.5, 0.6) is 0 Å². The van der Waals surface area contributed by atoms with Crippen LogP contribution in [0.4, 0.5) is 23.4 Å². The molecule has 2 aromatic heterocycles. The summed E-state index contributed by atoms with van der Waals surface area (Å²) in [5.41, 5.74) is 1.92. The number of aromatic carboxylic acids is 1. The highest BCUT2D eigenvalue weighted by atomic mass is 19.4. The maximum absolute atomic E-state index is 13.6. The molecule has 0 radical (unpaired) electrons. The molecule has 4 N–H and O–H groups in total. The quantitative estimate of drug-likeness (QED) is 0.270. The molecular formula is C25H20F4N6O3. The normalized spacial score (nSPS) is 14.9. The number of amides is 1. The molecule has 2 aromatic carbocycles. The van der Waals surface area contributed by atoms with Crippen LogP contribution in [0, 0.1) is 12.7 Å². The molecule has 0 bridgehead atoms. The first-order valence-electron chi connectivity index (χ1n) is 11.5. The molecule has 38 heavy (non-hydrogen) atoms. The molecule has 5 rings (SSSR count). The predicted molar refractivity (Wildman–Crippen MR) is 127 cm³/mol. The van der Waals surface area contributed by atoms with Gasteiger partial charge in [0, 0.05) is 6.54 Å². The van der Waals surface area contributed by atoms with E-state index in [-0.39, 0.29) is 46.3 Å². The standard InChI is InChI=1S/C25H20F4N6O3/c1-11-13-5-7-18(15(13)4-3-14(11)24(37)38)33-23(36)21-19-20(31-10-32-21)22(35-34-19)30-9-12-2-6-17(26)16(8-12)25(27,28)29/h2-4,6,8,10,18H,5,7,9H2,1H3,(H,33,36)(H,37,38)(H2,30,34,35)/t18-/m0/s1. The summed E-state index contributed by atoms with van der Waals surface area (Å²) in [5.74, 6) is -2.70. The summed E-state index contributed by atoms with van der Waals surface area (Å²) in [5, 5.41) is 21.9. The van der Waals surface area contributed by atoms with Gasteiger partial charge in [0.25, 0.3) is 5.91 Å². The smallest absolute Gasteiger partial charge is 0.419 e. The number of alkyl halides is 3. The zero-order valence-electron chi connectivity index (χ0n) is 19.8. The van der Waals surface area contributed by atoms with Crippen LogP contribution in [-0.2, 0) is 19.1 Å². The van der Waals surface area contributed by atoms with E-state index in [2.05, 4.69) is 30.8 Å². The molecule has 1 aliphatic carbocycles. The molecule has 0 saturated heterocycles. The topological polar surface area (TPSA) is 133 Å². The Bertz CT molecular complexity index is 1580. The number of carbonyl (C=O) groups excluding carboxylic acids is 1. The number of benzene rings is 2. The lowest BCUT2D eigenvalue weighted by atomic mass is 9.98. The van der Waals surface area contributed by atoms with E-state index >= 15 is 0 Å². The molecular weight excluding hydrogens is 508 g/mol. The number of nitrogens with zero attached hydrogens (tertiary/aromatic N) is 3. The van der Waals surface area contributed by atoms with Gasteiger partial charge in [-0.2, -0.15) is 18.3 Å². The molecule has 196 valence electrons. The maximum atomic E-state index is 13.6. The molecule has 1 amide bonds. The average molecular weight is 528 g/mol. The summed E-state index contributed by atoms with van der Waals surface area (Å²) in [7, 11) is 0. The number of halogens is 4. The largest absolute Gasteiger partial charge is 0.478 e. The van der Waals surface area contributed by atoms with Crippen molar-refractivity contribution >= 4 is 28.7 Å². The Hall–Kier alpha value is -4.55. The van der Waals surface area contributed by atoms with Gasteiger partial charge in [-0.15, -0.1) is 0 Å². The number of nitrogens with one attached hydrogen (secondary N) is 3. The number of carbonyl (C=O) groups is 2. The van der Waals surface area contributed by atoms with Crippen molar-refractivity contribution < 1.29 is 32.3 Å². The zero-order valence-corrected chi connectivity index (χ0v) is 19.8. The second-order valence-electron chi connectivity index (χ2n) is 8.86. The van der Waals surface area contributed by atoms with Gasteiger partial charge in [0.1, 0.15) is 23.2 Å². The maximum Gasteiger partial charge on any atom is 0.419 e. The van der Waals surface area contributed by atoms with Gasteiger partial charge in [-0.1, -0.05) is 12.1 Å². The first-order chi connectivity index (χ1) is 18.0. The Morgan fingerprint density at radius 2 is 1.97 bits per heavy atom. The molecule has 1 aliphatic rings. The van der Waals surface area contributed by atoms with Crippen LogP contribution in [0.1, 0.15) is 61.1 Å². The van der Waals surface area contributed by atoms with Gasteiger partial charge in [0.05, 0.1) is 17.2 Å². The fourth-order valence-corrected chi connectivity index (χ4v) is 4.71. The highest BCUT2D eigenvalue weighted by molar-refractivity contribution is 6.05. The van der Waals surface area contributed by atoms with Crippen LogP contribution in [0.2, 0.25) is 0 Å². The van der Waals surface area contributed by atoms with E-state index < -0.39 is 29.4 Å². The Labute approximate surface area is 212 Å². The van der Waals surface area contributed by atoms with Crippen molar-refractivity contribution in [3.8, 4) is 0 Å². The highest BCUT2D eigenvalue weighted by Gasteiger charge is 2.34.